The molecule has 0 radical (unpaired) electrons. The molecule has 1 aromatic carbocycles. The lowest BCUT2D eigenvalue weighted by Crippen LogP contribution is -2.29. The fourth-order valence-corrected chi connectivity index (χ4v) is 2.94. The summed E-state index contributed by atoms with van der Waals surface area (Å²) in [7, 11) is 0. The quantitative estimate of drug-likeness (QED) is 0.910. The molecule has 0 saturated heterocycles. The van der Waals surface area contributed by atoms with Gasteiger partial charge in [-0.25, -0.2) is 18.7 Å². The first-order valence-electron chi connectivity index (χ1n) is 7.59. The second kappa shape index (κ2) is 6.38. The van der Waals surface area contributed by atoms with Crippen LogP contribution >= 0.6 is 0 Å². The topological polar surface area (TPSA) is 37.8 Å². The largest absolute Gasteiger partial charge is 0.385 e. The Labute approximate surface area is 128 Å². The molecule has 5 heteroatoms. The molecule has 1 aliphatic carbocycles. The second-order valence-electron chi connectivity index (χ2n) is 5.90. The Bertz CT molecular complexity index is 599. The minimum absolute atomic E-state index is 0.000558. The molecule has 1 N–H and O–H groups in total. The van der Waals surface area contributed by atoms with Gasteiger partial charge in [0.1, 0.15) is 6.33 Å². The van der Waals surface area contributed by atoms with Crippen LogP contribution in [0.2, 0.25) is 0 Å². The summed E-state index contributed by atoms with van der Waals surface area (Å²) >= 11 is 0. The first-order chi connectivity index (χ1) is 10.6. The van der Waals surface area contributed by atoms with Crippen LogP contribution in [0.25, 0.3) is 11.1 Å². The molecule has 3 rings (SSSR count). The molecule has 1 atom stereocenters. The number of rotatable bonds is 4. The van der Waals surface area contributed by atoms with Crippen molar-refractivity contribution in [3.63, 3.8) is 0 Å². The number of benzene rings is 1. The third kappa shape index (κ3) is 3.78. The molecule has 0 amide bonds. The summed E-state index contributed by atoms with van der Waals surface area (Å²) in [4.78, 5) is 7.99. The first kappa shape index (κ1) is 14.9. The Morgan fingerprint density at radius 3 is 2.50 bits per heavy atom. The molecule has 0 bridgehead atoms. The minimum Gasteiger partial charge on any atom is -0.385 e. The molecule has 0 spiro atoms. The van der Waals surface area contributed by atoms with Gasteiger partial charge >= 0.3 is 0 Å². The van der Waals surface area contributed by atoms with Gasteiger partial charge in [-0.3, -0.25) is 0 Å². The lowest BCUT2D eigenvalue weighted by atomic mass is 9.86. The van der Waals surface area contributed by atoms with Crippen LogP contribution in [-0.2, 0) is 0 Å². The number of alkyl halides is 2. The number of nitrogens with zero attached hydrogens (tertiary/aromatic N) is 2. The molecule has 1 heterocycles. The zero-order valence-electron chi connectivity index (χ0n) is 12.3. The van der Waals surface area contributed by atoms with Gasteiger partial charge in [0.2, 0.25) is 5.92 Å². The van der Waals surface area contributed by atoms with Crippen LogP contribution in [0.15, 0.2) is 43.0 Å². The molecule has 1 aliphatic rings. The van der Waals surface area contributed by atoms with Crippen molar-refractivity contribution < 1.29 is 8.78 Å². The molecule has 2 aromatic rings. The van der Waals surface area contributed by atoms with Gasteiger partial charge in [0.05, 0.1) is 0 Å². The molecular weight excluding hydrogens is 284 g/mol. The van der Waals surface area contributed by atoms with Gasteiger partial charge in [-0.05, 0) is 36.5 Å². The van der Waals surface area contributed by atoms with E-state index in [0.717, 1.165) is 23.2 Å². The van der Waals surface area contributed by atoms with Crippen LogP contribution < -0.4 is 5.32 Å². The van der Waals surface area contributed by atoms with Gasteiger partial charge in [0.25, 0.3) is 0 Å². The maximum absolute atomic E-state index is 13.4. The summed E-state index contributed by atoms with van der Waals surface area (Å²) in [6.45, 7) is 0.601. The third-order valence-electron chi connectivity index (χ3n) is 4.12. The fraction of sp³-hybridized carbons (Fsp3) is 0.412. The summed E-state index contributed by atoms with van der Waals surface area (Å²) < 4.78 is 26.8. The Kier molecular flexibility index (Phi) is 4.32. The van der Waals surface area contributed by atoms with E-state index in [-0.39, 0.29) is 18.8 Å². The fourth-order valence-electron chi connectivity index (χ4n) is 2.94. The highest BCUT2D eigenvalue weighted by atomic mass is 19.3. The average molecular weight is 303 g/mol. The van der Waals surface area contributed by atoms with Crippen molar-refractivity contribution in [2.24, 2.45) is 5.92 Å². The summed E-state index contributed by atoms with van der Waals surface area (Å²) in [5, 5.41) is 3.27. The van der Waals surface area contributed by atoms with Crippen molar-refractivity contribution >= 4 is 5.69 Å². The van der Waals surface area contributed by atoms with Crippen molar-refractivity contribution in [3.05, 3.63) is 43.0 Å². The third-order valence-corrected chi connectivity index (χ3v) is 4.12. The van der Waals surface area contributed by atoms with E-state index in [1.807, 2.05) is 24.3 Å². The molecule has 1 saturated carbocycles. The van der Waals surface area contributed by atoms with E-state index in [2.05, 4.69) is 15.3 Å². The van der Waals surface area contributed by atoms with Gasteiger partial charge in [-0.2, -0.15) is 0 Å². The highest BCUT2D eigenvalue weighted by Crippen LogP contribution is 2.36. The molecule has 1 fully saturated rings. The molecule has 22 heavy (non-hydrogen) atoms. The van der Waals surface area contributed by atoms with Crippen molar-refractivity contribution in [1.82, 2.24) is 9.97 Å². The molecule has 1 unspecified atom stereocenters. The summed E-state index contributed by atoms with van der Waals surface area (Å²) in [6, 6.07) is 7.89. The Balaban J connectivity index is 1.58. The number of anilines is 1. The van der Waals surface area contributed by atoms with E-state index in [1.54, 1.807) is 12.4 Å². The van der Waals surface area contributed by atoms with Crippen LogP contribution in [0.3, 0.4) is 0 Å². The number of aromatic nitrogens is 2. The maximum Gasteiger partial charge on any atom is 0.248 e. The van der Waals surface area contributed by atoms with E-state index in [9.17, 15) is 8.78 Å². The smallest absolute Gasteiger partial charge is 0.248 e. The van der Waals surface area contributed by atoms with Crippen LogP contribution in [-0.4, -0.2) is 22.4 Å². The van der Waals surface area contributed by atoms with Gasteiger partial charge < -0.3 is 5.32 Å². The van der Waals surface area contributed by atoms with Gasteiger partial charge in [-0.1, -0.05) is 12.1 Å². The Hall–Kier alpha value is -2.04. The van der Waals surface area contributed by atoms with Crippen LogP contribution in [0.5, 0.6) is 0 Å². The Morgan fingerprint density at radius 1 is 1.09 bits per heavy atom. The number of nitrogens with one attached hydrogen (secondary N) is 1. The minimum atomic E-state index is -2.48. The average Bonchev–Trinajstić information content (AvgIpc) is 2.53. The maximum atomic E-state index is 13.4. The van der Waals surface area contributed by atoms with E-state index < -0.39 is 5.92 Å². The van der Waals surface area contributed by atoms with E-state index in [1.165, 1.54) is 6.33 Å². The van der Waals surface area contributed by atoms with Crippen molar-refractivity contribution in [3.8, 4) is 11.1 Å². The highest BCUT2D eigenvalue weighted by Gasteiger charge is 2.35. The van der Waals surface area contributed by atoms with Crippen molar-refractivity contribution in [2.75, 3.05) is 11.9 Å². The van der Waals surface area contributed by atoms with Crippen LogP contribution in [0.1, 0.15) is 25.7 Å². The number of hydrogen-bond acceptors (Lipinski definition) is 3. The Morgan fingerprint density at radius 2 is 1.82 bits per heavy atom. The number of halogens is 2. The SMILES string of the molecule is FC1(F)CCCC(CNc2ccc(-c3cncnc3)cc2)C1. The zero-order valence-corrected chi connectivity index (χ0v) is 12.3. The van der Waals surface area contributed by atoms with Crippen LogP contribution in [0.4, 0.5) is 14.5 Å². The van der Waals surface area contributed by atoms with Crippen molar-refractivity contribution in [1.29, 1.82) is 0 Å². The lowest BCUT2D eigenvalue weighted by molar-refractivity contribution is -0.0502. The van der Waals surface area contributed by atoms with E-state index in [0.29, 0.717) is 13.0 Å². The summed E-state index contributed by atoms with van der Waals surface area (Å²) in [6.07, 6.45) is 6.56. The second-order valence-corrected chi connectivity index (χ2v) is 5.90. The van der Waals surface area contributed by atoms with Gasteiger partial charge in [0, 0.05) is 43.0 Å². The summed E-state index contributed by atoms with van der Waals surface area (Å²) in [5.41, 5.74) is 2.95. The lowest BCUT2D eigenvalue weighted by Gasteiger charge is -2.29. The normalized spacial score (nSPS) is 20.5. The standard InChI is InChI=1S/C17H19F2N3/c18-17(19)7-1-2-13(8-17)9-22-16-5-3-14(4-6-16)15-10-20-12-21-11-15/h3-6,10-13,22H,1-2,7-9H2. The number of hydrogen-bond donors (Lipinski definition) is 1. The molecular formula is C17H19F2N3. The molecule has 0 aliphatic heterocycles. The summed E-state index contributed by atoms with van der Waals surface area (Å²) in [5.74, 6) is -2.44. The zero-order chi connectivity index (χ0) is 15.4. The van der Waals surface area contributed by atoms with Gasteiger partial charge in [-0.15, -0.1) is 0 Å². The molecule has 1 aromatic heterocycles. The highest BCUT2D eigenvalue weighted by molar-refractivity contribution is 5.64. The van der Waals surface area contributed by atoms with Crippen molar-refractivity contribution in [2.45, 2.75) is 31.6 Å². The monoisotopic (exact) mass is 303 g/mol. The molecule has 116 valence electrons. The predicted molar refractivity (Wildman–Crippen MR) is 82.9 cm³/mol. The van der Waals surface area contributed by atoms with E-state index in [4.69, 9.17) is 0 Å². The van der Waals surface area contributed by atoms with E-state index >= 15 is 0 Å². The molecule has 3 nitrogen and oxygen atoms in total. The van der Waals surface area contributed by atoms with Gasteiger partial charge in [0.15, 0.2) is 0 Å². The predicted octanol–water partition coefficient (Wildman–Crippen LogP) is 4.38. The van der Waals surface area contributed by atoms with Crippen LogP contribution in [0, 0.1) is 5.92 Å². The first-order valence-corrected chi connectivity index (χ1v) is 7.59.